The highest BCUT2D eigenvalue weighted by atomic mass is 16.5. The summed E-state index contributed by atoms with van der Waals surface area (Å²) in [7, 11) is 1.57. The number of aliphatic carboxylic acids is 1. The molecule has 1 N–H and O–H groups in total. The molecule has 3 aromatic rings. The molecular formula is C20H16O3. The third-order valence-corrected chi connectivity index (χ3v) is 3.75. The predicted octanol–water partition coefficient (Wildman–Crippen LogP) is 4.47. The van der Waals surface area contributed by atoms with E-state index in [0.29, 0.717) is 11.3 Å². The van der Waals surface area contributed by atoms with Crippen LogP contribution in [0.1, 0.15) is 11.1 Å². The molecule has 3 rings (SSSR count). The van der Waals surface area contributed by atoms with Crippen molar-refractivity contribution in [3.63, 3.8) is 0 Å². The van der Waals surface area contributed by atoms with Gasteiger partial charge in [-0.15, -0.1) is 0 Å². The van der Waals surface area contributed by atoms with Gasteiger partial charge in [0.1, 0.15) is 5.75 Å². The molecule has 3 aromatic carbocycles. The Morgan fingerprint density at radius 2 is 1.65 bits per heavy atom. The molecule has 0 aliphatic carbocycles. The molecule has 3 heteroatoms. The Morgan fingerprint density at radius 1 is 0.957 bits per heavy atom. The van der Waals surface area contributed by atoms with Crippen molar-refractivity contribution in [1.82, 2.24) is 0 Å². The highest BCUT2D eigenvalue weighted by Gasteiger charge is 2.14. The Kier molecular flexibility index (Phi) is 4.11. The van der Waals surface area contributed by atoms with Crippen LogP contribution in [0, 0.1) is 0 Å². The van der Waals surface area contributed by atoms with E-state index in [-0.39, 0.29) is 5.57 Å². The maximum absolute atomic E-state index is 11.8. The average molecular weight is 304 g/mol. The molecule has 0 saturated carbocycles. The lowest BCUT2D eigenvalue weighted by molar-refractivity contribution is -0.130. The van der Waals surface area contributed by atoms with Crippen LogP contribution in [0.15, 0.2) is 66.7 Å². The number of carboxylic acids is 1. The molecular weight excluding hydrogens is 288 g/mol. The van der Waals surface area contributed by atoms with Gasteiger partial charge >= 0.3 is 5.97 Å². The molecule has 0 unspecified atom stereocenters. The summed E-state index contributed by atoms with van der Waals surface area (Å²) in [6.07, 6.45) is 1.66. The second-order valence-corrected chi connectivity index (χ2v) is 5.13. The van der Waals surface area contributed by atoms with E-state index in [1.807, 2.05) is 66.7 Å². The summed E-state index contributed by atoms with van der Waals surface area (Å²) in [5, 5.41) is 11.6. The van der Waals surface area contributed by atoms with Gasteiger partial charge in [-0.1, -0.05) is 60.7 Å². The van der Waals surface area contributed by atoms with E-state index in [1.165, 1.54) is 0 Å². The maximum Gasteiger partial charge on any atom is 0.336 e. The van der Waals surface area contributed by atoms with E-state index in [1.54, 1.807) is 13.2 Å². The molecule has 0 radical (unpaired) electrons. The van der Waals surface area contributed by atoms with Crippen molar-refractivity contribution in [3.8, 4) is 5.75 Å². The van der Waals surface area contributed by atoms with Crippen molar-refractivity contribution in [2.45, 2.75) is 0 Å². The Hall–Kier alpha value is -3.07. The quantitative estimate of drug-likeness (QED) is 0.571. The Balaban J connectivity index is 2.23. The number of hydrogen-bond donors (Lipinski definition) is 1. The first-order chi connectivity index (χ1) is 11.2. The molecule has 0 aliphatic rings. The van der Waals surface area contributed by atoms with Crippen LogP contribution in [0.5, 0.6) is 5.75 Å². The highest BCUT2D eigenvalue weighted by Crippen LogP contribution is 2.29. The molecule has 0 heterocycles. The van der Waals surface area contributed by atoms with Crippen molar-refractivity contribution in [2.75, 3.05) is 7.11 Å². The lowest BCUT2D eigenvalue weighted by Crippen LogP contribution is -2.01. The molecule has 114 valence electrons. The predicted molar refractivity (Wildman–Crippen MR) is 92.4 cm³/mol. The second-order valence-electron chi connectivity index (χ2n) is 5.13. The van der Waals surface area contributed by atoms with Crippen molar-refractivity contribution in [3.05, 3.63) is 77.9 Å². The Bertz CT molecular complexity index is 889. The van der Waals surface area contributed by atoms with Crippen LogP contribution in [0.4, 0.5) is 0 Å². The Labute approximate surface area is 134 Å². The van der Waals surface area contributed by atoms with Gasteiger partial charge in [-0.05, 0) is 28.5 Å². The molecule has 0 aliphatic heterocycles. The third-order valence-electron chi connectivity index (χ3n) is 3.75. The van der Waals surface area contributed by atoms with Gasteiger partial charge in [0.25, 0.3) is 0 Å². The largest absolute Gasteiger partial charge is 0.496 e. The molecule has 0 bridgehead atoms. The third kappa shape index (κ3) is 2.94. The zero-order chi connectivity index (χ0) is 16.2. The summed E-state index contributed by atoms with van der Waals surface area (Å²) in [6, 6.07) is 20.8. The van der Waals surface area contributed by atoms with Gasteiger partial charge in [-0.25, -0.2) is 4.79 Å². The van der Waals surface area contributed by atoms with Gasteiger partial charge in [-0.2, -0.15) is 0 Å². The van der Waals surface area contributed by atoms with E-state index in [0.717, 1.165) is 16.3 Å². The van der Waals surface area contributed by atoms with Crippen LogP contribution in [0.3, 0.4) is 0 Å². The van der Waals surface area contributed by atoms with Gasteiger partial charge in [0.15, 0.2) is 0 Å². The van der Waals surface area contributed by atoms with E-state index in [2.05, 4.69) is 0 Å². The van der Waals surface area contributed by atoms with Crippen LogP contribution < -0.4 is 4.74 Å². The molecule has 0 saturated heterocycles. The van der Waals surface area contributed by atoms with Gasteiger partial charge in [0.05, 0.1) is 12.7 Å². The highest BCUT2D eigenvalue weighted by molar-refractivity contribution is 6.24. The lowest BCUT2D eigenvalue weighted by atomic mass is 9.96. The van der Waals surface area contributed by atoms with Crippen LogP contribution in [0.25, 0.3) is 22.4 Å². The van der Waals surface area contributed by atoms with Crippen molar-refractivity contribution < 1.29 is 14.6 Å². The maximum atomic E-state index is 11.8. The summed E-state index contributed by atoms with van der Waals surface area (Å²) in [6.45, 7) is 0. The van der Waals surface area contributed by atoms with Gasteiger partial charge < -0.3 is 9.84 Å². The van der Waals surface area contributed by atoms with E-state index >= 15 is 0 Å². The zero-order valence-corrected chi connectivity index (χ0v) is 12.7. The van der Waals surface area contributed by atoms with Crippen LogP contribution in [-0.4, -0.2) is 18.2 Å². The number of hydrogen-bond acceptors (Lipinski definition) is 2. The summed E-state index contributed by atoms with van der Waals surface area (Å²) < 4.78 is 5.31. The SMILES string of the molecule is COc1ccccc1/C=C(\C(=O)O)c1cccc2ccccc12. The number of methoxy groups -OCH3 is 1. The molecule has 0 spiro atoms. The topological polar surface area (TPSA) is 46.5 Å². The number of carbonyl (C=O) groups is 1. The van der Waals surface area contributed by atoms with Crippen LogP contribution >= 0.6 is 0 Å². The van der Waals surface area contributed by atoms with Crippen LogP contribution in [0.2, 0.25) is 0 Å². The second kappa shape index (κ2) is 6.36. The number of para-hydroxylation sites is 1. The summed E-state index contributed by atoms with van der Waals surface area (Å²) in [5.41, 5.74) is 1.67. The standard InChI is InChI=1S/C20H16O3/c1-23-19-12-5-3-8-15(19)13-18(20(21)22)17-11-6-9-14-7-2-4-10-16(14)17/h2-13H,1H3,(H,21,22)/b18-13-. The number of rotatable bonds is 4. The monoisotopic (exact) mass is 304 g/mol. The number of carboxylic acid groups (broad SMARTS) is 1. The average Bonchev–Trinajstić information content (AvgIpc) is 2.59. The minimum Gasteiger partial charge on any atom is -0.496 e. The summed E-state index contributed by atoms with van der Waals surface area (Å²) in [5.74, 6) is -0.321. The minimum atomic E-state index is -0.966. The van der Waals surface area contributed by atoms with E-state index in [9.17, 15) is 9.90 Å². The van der Waals surface area contributed by atoms with Crippen LogP contribution in [-0.2, 0) is 4.79 Å². The molecule has 0 amide bonds. The number of benzene rings is 3. The van der Waals surface area contributed by atoms with Gasteiger partial charge in [0, 0.05) is 5.56 Å². The van der Waals surface area contributed by atoms with E-state index in [4.69, 9.17) is 4.74 Å². The first kappa shape index (κ1) is 14.9. The summed E-state index contributed by atoms with van der Waals surface area (Å²) >= 11 is 0. The molecule has 23 heavy (non-hydrogen) atoms. The van der Waals surface area contributed by atoms with Crippen molar-refractivity contribution >= 4 is 28.4 Å². The van der Waals surface area contributed by atoms with Crippen molar-refractivity contribution in [2.24, 2.45) is 0 Å². The van der Waals surface area contributed by atoms with Crippen molar-refractivity contribution in [1.29, 1.82) is 0 Å². The number of ether oxygens (including phenoxy) is 1. The smallest absolute Gasteiger partial charge is 0.336 e. The van der Waals surface area contributed by atoms with Gasteiger partial charge in [-0.3, -0.25) is 0 Å². The molecule has 0 fully saturated rings. The minimum absolute atomic E-state index is 0.242. The first-order valence-corrected chi connectivity index (χ1v) is 7.27. The fourth-order valence-electron chi connectivity index (χ4n) is 2.66. The first-order valence-electron chi connectivity index (χ1n) is 7.27. The normalized spacial score (nSPS) is 11.4. The lowest BCUT2D eigenvalue weighted by Gasteiger charge is -2.09. The summed E-state index contributed by atoms with van der Waals surface area (Å²) in [4.78, 5) is 11.8. The molecule has 0 atom stereocenters. The fraction of sp³-hybridized carbons (Fsp3) is 0.0500. The Morgan fingerprint density at radius 3 is 2.43 bits per heavy atom. The zero-order valence-electron chi connectivity index (χ0n) is 12.7. The molecule has 3 nitrogen and oxygen atoms in total. The molecule has 0 aromatic heterocycles. The van der Waals surface area contributed by atoms with Gasteiger partial charge in [0.2, 0.25) is 0 Å². The number of fused-ring (bicyclic) bond motifs is 1. The fourth-order valence-corrected chi connectivity index (χ4v) is 2.66. The van der Waals surface area contributed by atoms with E-state index < -0.39 is 5.97 Å².